The first kappa shape index (κ1) is 26.2. The van der Waals surface area contributed by atoms with Crippen molar-refractivity contribution >= 4 is 17.2 Å². The van der Waals surface area contributed by atoms with Crippen molar-refractivity contribution in [2.45, 2.75) is 31.7 Å². The van der Waals surface area contributed by atoms with Gasteiger partial charge in [0.25, 0.3) is 0 Å². The molecule has 0 aliphatic carbocycles. The molecule has 1 aliphatic rings. The van der Waals surface area contributed by atoms with Crippen molar-refractivity contribution in [3.63, 3.8) is 0 Å². The summed E-state index contributed by atoms with van der Waals surface area (Å²) in [5, 5.41) is 21.9. The van der Waals surface area contributed by atoms with Crippen LogP contribution in [0.15, 0.2) is 79.4 Å². The first-order chi connectivity index (χ1) is 17.4. The number of aliphatic hydroxyl groups is 1. The molecule has 3 aromatic carbocycles. The summed E-state index contributed by atoms with van der Waals surface area (Å²) in [5.74, 6) is 5.99. The number of halogens is 1. The van der Waals surface area contributed by atoms with E-state index in [1.807, 2.05) is 42.5 Å². The molecule has 36 heavy (non-hydrogen) atoms. The van der Waals surface area contributed by atoms with Crippen LogP contribution in [-0.2, 0) is 4.84 Å². The fraction of sp³-hybridized carbons (Fsp3) is 0.310. The molecule has 4 rings (SSSR count). The summed E-state index contributed by atoms with van der Waals surface area (Å²) in [4.78, 5) is 7.78. The molecular formula is C29H33ClN2O4. The van der Waals surface area contributed by atoms with Gasteiger partial charge in [-0.15, -0.1) is 0 Å². The van der Waals surface area contributed by atoms with Gasteiger partial charge in [-0.2, -0.15) is 0 Å². The highest BCUT2D eigenvalue weighted by Gasteiger charge is 2.35. The molecule has 2 unspecified atom stereocenters. The number of aliphatic hydroxyl groups excluding tert-OH is 1. The maximum Gasteiger partial charge on any atom is 0.124 e. The summed E-state index contributed by atoms with van der Waals surface area (Å²) in [7, 11) is 0. The van der Waals surface area contributed by atoms with Gasteiger partial charge in [0.1, 0.15) is 23.7 Å². The van der Waals surface area contributed by atoms with E-state index in [4.69, 9.17) is 27.1 Å². The highest BCUT2D eigenvalue weighted by molar-refractivity contribution is 6.32. The molecule has 0 radical (unpaired) electrons. The molecular weight excluding hydrogens is 476 g/mol. The second-order valence-electron chi connectivity index (χ2n) is 9.19. The van der Waals surface area contributed by atoms with Gasteiger partial charge >= 0.3 is 0 Å². The predicted octanol–water partition coefficient (Wildman–Crippen LogP) is 5.51. The highest BCUT2D eigenvalue weighted by Crippen LogP contribution is 2.44. The summed E-state index contributed by atoms with van der Waals surface area (Å²) in [6, 6.07) is 21.3. The van der Waals surface area contributed by atoms with Crippen molar-refractivity contribution in [1.82, 2.24) is 4.90 Å². The van der Waals surface area contributed by atoms with Gasteiger partial charge in [0.05, 0.1) is 6.10 Å². The lowest BCUT2D eigenvalue weighted by molar-refractivity contribution is -0.0192. The van der Waals surface area contributed by atoms with Crippen LogP contribution in [0.3, 0.4) is 0 Å². The molecule has 0 aromatic heterocycles. The Bertz CT molecular complexity index is 1150. The number of ether oxygens (including phenoxy) is 1. The SMILES string of the molecule is C=C(c1ccccc1Cl)C(C(O)c1ccc(OC2CN(CCC)C2)cc1)[C@H](ON)c1ccc(O)cc1. The van der Waals surface area contributed by atoms with E-state index in [0.29, 0.717) is 27.3 Å². The summed E-state index contributed by atoms with van der Waals surface area (Å²) in [6.07, 6.45) is -0.434. The lowest BCUT2D eigenvalue weighted by Gasteiger charge is -2.38. The Labute approximate surface area is 217 Å². The van der Waals surface area contributed by atoms with E-state index >= 15 is 0 Å². The van der Waals surface area contributed by atoms with Gasteiger partial charge in [0.2, 0.25) is 0 Å². The minimum absolute atomic E-state index is 0.122. The molecule has 1 aliphatic heterocycles. The Morgan fingerprint density at radius 3 is 2.31 bits per heavy atom. The molecule has 1 fully saturated rings. The number of nitrogens with zero attached hydrogens (tertiary/aromatic N) is 1. The van der Waals surface area contributed by atoms with Crippen LogP contribution in [0.2, 0.25) is 5.02 Å². The quantitative estimate of drug-likeness (QED) is 0.296. The average molecular weight is 509 g/mol. The lowest BCUT2D eigenvalue weighted by atomic mass is 9.79. The molecule has 6 nitrogen and oxygen atoms in total. The summed E-state index contributed by atoms with van der Waals surface area (Å²) >= 11 is 6.48. The maximum atomic E-state index is 11.6. The van der Waals surface area contributed by atoms with Gasteiger partial charge in [-0.05, 0) is 65.6 Å². The molecule has 3 atom stereocenters. The van der Waals surface area contributed by atoms with E-state index in [1.165, 1.54) is 0 Å². The molecule has 0 amide bonds. The second-order valence-corrected chi connectivity index (χ2v) is 9.60. The number of likely N-dealkylation sites (tertiary alicyclic amines) is 1. The van der Waals surface area contributed by atoms with Crippen LogP contribution in [0.5, 0.6) is 11.5 Å². The average Bonchev–Trinajstić information content (AvgIpc) is 2.86. The number of nitrogens with two attached hydrogens (primary N) is 1. The lowest BCUT2D eigenvalue weighted by Crippen LogP contribution is -2.53. The molecule has 3 aromatic rings. The zero-order valence-electron chi connectivity index (χ0n) is 20.4. The molecule has 0 saturated carbocycles. The molecule has 0 bridgehead atoms. The van der Waals surface area contributed by atoms with Crippen LogP contribution in [0, 0.1) is 5.92 Å². The Balaban J connectivity index is 1.59. The number of phenolic OH excluding ortho intramolecular Hbond substituents is 1. The van der Waals surface area contributed by atoms with Gasteiger partial charge in [-0.3, -0.25) is 9.74 Å². The van der Waals surface area contributed by atoms with Crippen LogP contribution in [-0.4, -0.2) is 40.9 Å². The maximum absolute atomic E-state index is 11.6. The summed E-state index contributed by atoms with van der Waals surface area (Å²) < 4.78 is 6.08. The number of hydrogen-bond donors (Lipinski definition) is 3. The minimum Gasteiger partial charge on any atom is -0.508 e. The topological polar surface area (TPSA) is 88.2 Å². The Morgan fingerprint density at radius 1 is 1.06 bits per heavy atom. The van der Waals surface area contributed by atoms with E-state index in [-0.39, 0.29) is 11.9 Å². The second kappa shape index (κ2) is 11.9. The van der Waals surface area contributed by atoms with E-state index in [0.717, 1.165) is 31.8 Å². The molecule has 7 heteroatoms. The van der Waals surface area contributed by atoms with Crippen LogP contribution in [0.25, 0.3) is 5.57 Å². The number of phenols is 1. The Morgan fingerprint density at radius 2 is 1.69 bits per heavy atom. The van der Waals surface area contributed by atoms with Gasteiger partial charge < -0.3 is 14.9 Å². The smallest absolute Gasteiger partial charge is 0.124 e. The van der Waals surface area contributed by atoms with E-state index < -0.39 is 18.1 Å². The zero-order valence-corrected chi connectivity index (χ0v) is 21.1. The van der Waals surface area contributed by atoms with E-state index in [9.17, 15) is 10.2 Å². The third-order valence-corrected chi connectivity index (χ3v) is 6.97. The number of hydrogen-bond acceptors (Lipinski definition) is 6. The molecule has 4 N–H and O–H groups in total. The fourth-order valence-electron chi connectivity index (χ4n) is 4.71. The molecule has 1 heterocycles. The van der Waals surface area contributed by atoms with Gasteiger partial charge in [0.15, 0.2) is 0 Å². The first-order valence-electron chi connectivity index (χ1n) is 12.2. The van der Waals surface area contributed by atoms with Gasteiger partial charge in [-0.25, -0.2) is 5.90 Å². The van der Waals surface area contributed by atoms with Crippen molar-refractivity contribution in [3.05, 3.63) is 101 Å². The number of rotatable bonds is 11. The van der Waals surface area contributed by atoms with E-state index in [2.05, 4.69) is 18.4 Å². The predicted molar refractivity (Wildman–Crippen MR) is 143 cm³/mol. The van der Waals surface area contributed by atoms with Crippen molar-refractivity contribution in [2.75, 3.05) is 19.6 Å². The molecule has 190 valence electrons. The summed E-state index contributed by atoms with van der Waals surface area (Å²) in [5.41, 5.74) is 2.64. The van der Waals surface area contributed by atoms with Crippen LogP contribution in [0.1, 0.15) is 42.2 Å². The largest absolute Gasteiger partial charge is 0.508 e. The van der Waals surface area contributed by atoms with Crippen molar-refractivity contribution in [3.8, 4) is 11.5 Å². The fourth-order valence-corrected chi connectivity index (χ4v) is 4.97. The van der Waals surface area contributed by atoms with Crippen molar-refractivity contribution in [2.24, 2.45) is 11.8 Å². The van der Waals surface area contributed by atoms with Crippen molar-refractivity contribution < 1.29 is 19.8 Å². The molecule has 1 saturated heterocycles. The van der Waals surface area contributed by atoms with E-state index in [1.54, 1.807) is 30.3 Å². The zero-order chi connectivity index (χ0) is 25.7. The summed E-state index contributed by atoms with van der Waals surface area (Å²) in [6.45, 7) is 9.41. The molecule has 0 spiro atoms. The normalized spacial score (nSPS) is 16.7. The van der Waals surface area contributed by atoms with Gasteiger partial charge in [-0.1, -0.05) is 67.6 Å². The standard InChI is InChI=1S/C29H33ClN2O4/c1-3-16-32-17-24(18-32)35-23-14-10-20(11-15-23)28(34)27(19(2)25-6-4-5-7-26(25)30)29(36-31)21-8-12-22(33)13-9-21/h4-15,24,27-29,33-34H,2-3,16-18,31H2,1H3/t27?,28?,29-/m1/s1. The van der Waals surface area contributed by atoms with Crippen molar-refractivity contribution in [1.29, 1.82) is 0 Å². The minimum atomic E-state index is -1.01. The van der Waals surface area contributed by atoms with Crippen LogP contribution >= 0.6 is 11.6 Å². The van der Waals surface area contributed by atoms with Crippen LogP contribution in [0.4, 0.5) is 0 Å². The Hall–Kier alpha value is -2.87. The number of benzene rings is 3. The number of aromatic hydroxyl groups is 1. The highest BCUT2D eigenvalue weighted by atomic mass is 35.5. The third kappa shape index (κ3) is 5.91. The third-order valence-electron chi connectivity index (χ3n) is 6.64. The first-order valence-corrected chi connectivity index (χ1v) is 12.5. The monoisotopic (exact) mass is 508 g/mol. The van der Waals surface area contributed by atoms with Crippen LogP contribution < -0.4 is 10.6 Å². The Kier molecular flexibility index (Phi) is 8.67. The van der Waals surface area contributed by atoms with Gasteiger partial charge in [0, 0.05) is 24.0 Å².